The molecule has 0 bridgehead atoms. The lowest BCUT2D eigenvalue weighted by Crippen LogP contribution is -2.28. The summed E-state index contributed by atoms with van der Waals surface area (Å²) in [6.07, 6.45) is 4.14. The average Bonchev–Trinajstić information content (AvgIpc) is 3.52. The van der Waals surface area contributed by atoms with Gasteiger partial charge in [-0.25, -0.2) is 0 Å². The molecule has 1 unspecified atom stereocenters. The number of hydrogen-bond acceptors (Lipinski definition) is 7. The number of nitrogens with one attached hydrogen (secondary N) is 1. The molecule has 1 aliphatic rings. The quantitative estimate of drug-likeness (QED) is 0.316. The molecule has 9 heteroatoms. The van der Waals surface area contributed by atoms with E-state index in [1.54, 1.807) is 22.7 Å². The van der Waals surface area contributed by atoms with E-state index in [-0.39, 0.29) is 23.1 Å². The summed E-state index contributed by atoms with van der Waals surface area (Å²) >= 11 is 4.65. The van der Waals surface area contributed by atoms with Gasteiger partial charge in [0.1, 0.15) is 11.1 Å². The van der Waals surface area contributed by atoms with Crippen LogP contribution < -0.4 is 5.32 Å². The molecule has 1 aliphatic carbocycles. The third-order valence-corrected chi connectivity index (χ3v) is 10.1. The van der Waals surface area contributed by atoms with Gasteiger partial charge in [-0.2, -0.15) is 5.26 Å². The fraction of sp³-hybridized carbons (Fsp3) is 0.538. The number of carbonyl (C=O) groups is 1. The fourth-order valence-electron chi connectivity index (χ4n) is 4.64. The van der Waals surface area contributed by atoms with Crippen LogP contribution in [-0.4, -0.2) is 26.4 Å². The van der Waals surface area contributed by atoms with Crippen molar-refractivity contribution in [1.82, 2.24) is 14.8 Å². The van der Waals surface area contributed by atoms with Crippen molar-refractivity contribution < 1.29 is 4.79 Å². The van der Waals surface area contributed by atoms with Crippen molar-refractivity contribution in [3.05, 3.63) is 32.3 Å². The molecule has 186 valence electrons. The van der Waals surface area contributed by atoms with Crippen molar-refractivity contribution in [3.8, 4) is 17.5 Å². The smallest absolute Gasteiger partial charge is 0.235 e. The Morgan fingerprint density at radius 1 is 1.40 bits per heavy atom. The number of nitriles is 1. The van der Waals surface area contributed by atoms with E-state index in [2.05, 4.69) is 79.1 Å². The average molecular weight is 528 g/mol. The Morgan fingerprint density at radius 3 is 2.80 bits per heavy atom. The summed E-state index contributed by atoms with van der Waals surface area (Å²) < 4.78 is 2.08. The van der Waals surface area contributed by atoms with E-state index in [0.717, 1.165) is 47.8 Å². The molecule has 0 saturated heterocycles. The first kappa shape index (κ1) is 25.9. The minimum atomic E-state index is -0.123. The molecule has 3 heterocycles. The van der Waals surface area contributed by atoms with Crippen LogP contribution in [-0.2, 0) is 17.6 Å². The first-order valence-electron chi connectivity index (χ1n) is 12.1. The highest BCUT2D eigenvalue weighted by Gasteiger charge is 2.34. The zero-order valence-corrected chi connectivity index (χ0v) is 23.7. The maximum Gasteiger partial charge on any atom is 0.235 e. The monoisotopic (exact) mass is 527 g/mol. The van der Waals surface area contributed by atoms with Gasteiger partial charge < -0.3 is 5.32 Å². The minimum absolute atomic E-state index is 0.123. The van der Waals surface area contributed by atoms with Crippen LogP contribution >= 0.6 is 34.4 Å². The molecule has 3 aromatic heterocycles. The second-order valence-corrected chi connectivity index (χ2v) is 13.3. The molecule has 35 heavy (non-hydrogen) atoms. The number of carbonyl (C=O) groups excluding carboxylic acids is 1. The number of thiophene rings is 2. The number of fused-ring (bicyclic) bond motifs is 1. The highest BCUT2D eigenvalue weighted by Crippen LogP contribution is 2.45. The molecule has 0 aromatic carbocycles. The molecule has 0 aliphatic heterocycles. The summed E-state index contributed by atoms with van der Waals surface area (Å²) in [5, 5.41) is 25.2. The number of thioether (sulfide) groups is 1. The standard InChI is InChI=1S/C26H33N5OS3/c1-7-26(5,6)18-8-9-19-20(12-27)24(35-21(19)11-18)28-22(32)14-34-25-30-29-23(31(25)15(2)3)17-10-16(4)33-13-17/h10,13,15,18H,7-9,11,14H2,1-6H3,(H,28,32). The van der Waals surface area contributed by atoms with Gasteiger partial charge in [0, 0.05) is 26.7 Å². The highest BCUT2D eigenvalue weighted by atomic mass is 32.2. The normalized spacial score (nSPS) is 15.8. The van der Waals surface area contributed by atoms with Gasteiger partial charge in [-0.05, 0) is 63.0 Å². The number of amides is 1. The highest BCUT2D eigenvalue weighted by molar-refractivity contribution is 7.99. The van der Waals surface area contributed by atoms with Gasteiger partial charge in [-0.1, -0.05) is 39.0 Å². The molecule has 6 nitrogen and oxygen atoms in total. The van der Waals surface area contributed by atoms with Crippen LogP contribution in [0, 0.1) is 29.6 Å². The van der Waals surface area contributed by atoms with Crippen LogP contribution in [0.4, 0.5) is 5.00 Å². The molecular formula is C26H33N5OS3. The van der Waals surface area contributed by atoms with Gasteiger partial charge in [0.05, 0.1) is 11.3 Å². The van der Waals surface area contributed by atoms with Crippen molar-refractivity contribution >= 4 is 45.3 Å². The Labute approximate surface area is 220 Å². The van der Waals surface area contributed by atoms with E-state index in [4.69, 9.17) is 0 Å². The molecule has 1 atom stereocenters. The van der Waals surface area contributed by atoms with Gasteiger partial charge >= 0.3 is 0 Å². The second kappa shape index (κ2) is 10.5. The summed E-state index contributed by atoms with van der Waals surface area (Å²) in [4.78, 5) is 15.4. The van der Waals surface area contributed by atoms with Crippen LogP contribution in [0.1, 0.15) is 74.4 Å². The third kappa shape index (κ3) is 5.35. The van der Waals surface area contributed by atoms with Crippen LogP contribution in [0.3, 0.4) is 0 Å². The first-order chi connectivity index (χ1) is 16.6. The molecule has 1 N–H and O–H groups in total. The number of nitrogens with zero attached hydrogens (tertiary/aromatic N) is 4. The molecular weight excluding hydrogens is 495 g/mol. The fourth-order valence-corrected chi connectivity index (χ4v) is 7.48. The van der Waals surface area contributed by atoms with Gasteiger partial charge in [0.25, 0.3) is 0 Å². The van der Waals surface area contributed by atoms with Crippen molar-refractivity contribution in [2.24, 2.45) is 11.3 Å². The van der Waals surface area contributed by atoms with Gasteiger partial charge in [-0.3, -0.25) is 9.36 Å². The van der Waals surface area contributed by atoms with Crippen molar-refractivity contribution in [2.75, 3.05) is 11.1 Å². The van der Waals surface area contributed by atoms with E-state index in [1.807, 2.05) is 0 Å². The van der Waals surface area contributed by atoms with Gasteiger partial charge in [0.2, 0.25) is 5.91 Å². The lowest BCUT2D eigenvalue weighted by Gasteiger charge is -2.36. The number of anilines is 1. The number of rotatable bonds is 8. The molecule has 0 saturated carbocycles. The Hall–Kier alpha value is -2.15. The van der Waals surface area contributed by atoms with Crippen LogP contribution in [0.15, 0.2) is 16.6 Å². The Balaban J connectivity index is 1.47. The van der Waals surface area contributed by atoms with E-state index in [0.29, 0.717) is 16.5 Å². The first-order valence-corrected chi connectivity index (χ1v) is 14.8. The van der Waals surface area contributed by atoms with E-state index < -0.39 is 0 Å². The number of aryl methyl sites for hydroxylation is 1. The topological polar surface area (TPSA) is 83.6 Å². The van der Waals surface area contributed by atoms with Crippen molar-refractivity contribution in [1.29, 1.82) is 5.26 Å². The summed E-state index contributed by atoms with van der Waals surface area (Å²) in [6, 6.07) is 4.64. The largest absolute Gasteiger partial charge is 0.316 e. The molecule has 0 radical (unpaired) electrons. The summed E-state index contributed by atoms with van der Waals surface area (Å²) in [6.45, 7) is 13.2. The second-order valence-electron chi connectivity index (χ2n) is 10.2. The Kier molecular flexibility index (Phi) is 7.74. The summed E-state index contributed by atoms with van der Waals surface area (Å²) in [5.41, 5.74) is 3.12. The van der Waals surface area contributed by atoms with Crippen LogP contribution in [0.2, 0.25) is 0 Å². The number of hydrogen-bond donors (Lipinski definition) is 1. The Morgan fingerprint density at radius 2 is 2.17 bits per heavy atom. The zero-order chi connectivity index (χ0) is 25.3. The van der Waals surface area contributed by atoms with E-state index in [1.165, 1.54) is 21.5 Å². The lowest BCUT2D eigenvalue weighted by atomic mass is 9.69. The third-order valence-electron chi connectivity index (χ3n) is 7.15. The predicted molar refractivity (Wildman–Crippen MR) is 146 cm³/mol. The summed E-state index contributed by atoms with van der Waals surface area (Å²) in [7, 11) is 0. The van der Waals surface area contributed by atoms with Crippen molar-refractivity contribution in [2.45, 2.75) is 78.4 Å². The van der Waals surface area contributed by atoms with Crippen molar-refractivity contribution in [3.63, 3.8) is 0 Å². The molecule has 3 aromatic rings. The maximum atomic E-state index is 12.9. The molecule has 0 spiro atoms. The zero-order valence-electron chi connectivity index (χ0n) is 21.3. The SMILES string of the molecule is CCC(C)(C)C1CCc2c(sc(NC(=O)CSc3nnc(-c4csc(C)c4)n3C(C)C)c2C#N)C1. The van der Waals surface area contributed by atoms with E-state index >= 15 is 0 Å². The van der Waals surface area contributed by atoms with Gasteiger partial charge in [-0.15, -0.1) is 32.9 Å². The predicted octanol–water partition coefficient (Wildman–Crippen LogP) is 7.10. The Bertz CT molecular complexity index is 1260. The molecule has 1 amide bonds. The van der Waals surface area contributed by atoms with Crippen LogP contribution in [0.25, 0.3) is 11.4 Å². The molecule has 4 rings (SSSR count). The van der Waals surface area contributed by atoms with Gasteiger partial charge in [0.15, 0.2) is 11.0 Å². The number of aromatic nitrogens is 3. The maximum absolute atomic E-state index is 12.9. The van der Waals surface area contributed by atoms with Crippen LogP contribution in [0.5, 0.6) is 0 Å². The summed E-state index contributed by atoms with van der Waals surface area (Å²) in [5.74, 6) is 1.52. The minimum Gasteiger partial charge on any atom is -0.316 e. The molecule has 0 fully saturated rings. The lowest BCUT2D eigenvalue weighted by molar-refractivity contribution is -0.113. The van der Waals surface area contributed by atoms with E-state index in [9.17, 15) is 10.1 Å².